The Morgan fingerprint density at radius 1 is 0.457 bits per heavy atom. The van der Waals surface area contributed by atoms with Gasteiger partial charge in [0.25, 0.3) is 0 Å². The zero-order valence-corrected chi connectivity index (χ0v) is 25.3. The largest absolute Gasteiger partial charge is 0.456 e. The Balaban J connectivity index is 1.27. The van der Waals surface area contributed by atoms with Crippen LogP contribution in [0.5, 0.6) is 11.5 Å². The summed E-state index contributed by atoms with van der Waals surface area (Å²) >= 11 is 0. The van der Waals surface area contributed by atoms with E-state index in [4.69, 9.17) is 24.1 Å². The topological polar surface area (TPSA) is 78.1 Å². The Bertz CT molecular complexity index is 2420. The maximum Gasteiger partial charge on any atom is 0.178 e. The number of rotatable bonds is 4. The lowest BCUT2D eigenvalue weighted by Crippen LogP contribution is -2.30. The molecule has 3 heterocycles. The number of para-hydroxylation sites is 1. The molecule has 6 aromatic carbocycles. The molecule has 1 aliphatic heterocycles. The number of furan rings is 1. The van der Waals surface area contributed by atoms with Gasteiger partial charge in [-0.05, 0) is 30.3 Å². The van der Waals surface area contributed by atoms with Crippen molar-refractivity contribution in [3.8, 4) is 45.7 Å². The zero-order valence-electron chi connectivity index (χ0n) is 24.4. The lowest BCUT2D eigenvalue weighted by molar-refractivity contribution is 0.485. The molecule has 0 aliphatic carbocycles. The van der Waals surface area contributed by atoms with E-state index in [9.17, 15) is 0 Å². The predicted molar refractivity (Wildman–Crippen MR) is 183 cm³/mol. The van der Waals surface area contributed by atoms with Gasteiger partial charge >= 0.3 is 0 Å². The summed E-state index contributed by atoms with van der Waals surface area (Å²) in [6.07, 6.45) is 0. The normalized spacial score (nSPS) is 15.3. The summed E-state index contributed by atoms with van der Waals surface area (Å²) in [5.74, 6) is 2.65. The van der Waals surface area contributed by atoms with Gasteiger partial charge in [0, 0.05) is 38.8 Å². The number of nitrogens with zero attached hydrogens (tertiary/aromatic N) is 3. The van der Waals surface area contributed by atoms with E-state index >= 15 is 4.57 Å². The van der Waals surface area contributed by atoms with Crippen LogP contribution in [0.1, 0.15) is 0 Å². The van der Waals surface area contributed by atoms with Gasteiger partial charge in [0.05, 0.1) is 10.6 Å². The van der Waals surface area contributed by atoms with Gasteiger partial charge in [-0.15, -0.1) is 0 Å². The number of hydrogen-bond acceptors (Lipinski definition) is 6. The van der Waals surface area contributed by atoms with E-state index in [2.05, 4.69) is 0 Å². The van der Waals surface area contributed by atoms with Crippen molar-refractivity contribution in [2.24, 2.45) is 0 Å². The van der Waals surface area contributed by atoms with Gasteiger partial charge in [-0.1, -0.05) is 109 Å². The molecule has 46 heavy (non-hydrogen) atoms. The fourth-order valence-electron chi connectivity index (χ4n) is 6.16. The summed E-state index contributed by atoms with van der Waals surface area (Å²) in [6, 6.07) is 46.7. The van der Waals surface area contributed by atoms with E-state index in [1.165, 1.54) is 0 Å². The third kappa shape index (κ3) is 4.19. The Labute approximate surface area is 264 Å². The number of aromatic nitrogens is 3. The molecule has 0 saturated carbocycles. The molecule has 0 spiro atoms. The lowest BCUT2D eigenvalue weighted by atomic mass is 10.1. The van der Waals surface area contributed by atoms with Crippen LogP contribution in [0.25, 0.3) is 56.1 Å². The molecule has 0 fully saturated rings. The van der Waals surface area contributed by atoms with Crippen LogP contribution in [0.15, 0.2) is 150 Å². The summed E-state index contributed by atoms with van der Waals surface area (Å²) in [5.41, 5.74) is 3.93. The molecule has 0 saturated heterocycles. The molecule has 8 aromatic rings. The highest BCUT2D eigenvalue weighted by molar-refractivity contribution is 7.85. The fraction of sp³-hybridized carbons (Fsp3) is 0. The Morgan fingerprint density at radius 3 is 1.70 bits per heavy atom. The third-order valence-electron chi connectivity index (χ3n) is 8.39. The molecule has 1 unspecified atom stereocenters. The van der Waals surface area contributed by atoms with Crippen molar-refractivity contribution in [1.29, 1.82) is 0 Å². The number of ether oxygens (including phenoxy) is 1. The molecule has 9 rings (SSSR count). The highest BCUT2D eigenvalue weighted by atomic mass is 31.2. The smallest absolute Gasteiger partial charge is 0.178 e. The van der Waals surface area contributed by atoms with Crippen molar-refractivity contribution in [2.75, 3.05) is 0 Å². The first kappa shape index (κ1) is 26.6. The minimum atomic E-state index is -3.43. The Hall–Kier alpha value is -5.84. The van der Waals surface area contributed by atoms with Crippen LogP contribution in [0.2, 0.25) is 0 Å². The van der Waals surface area contributed by atoms with Crippen LogP contribution >= 0.6 is 7.14 Å². The average Bonchev–Trinajstić information content (AvgIpc) is 3.49. The van der Waals surface area contributed by atoms with Gasteiger partial charge in [0.1, 0.15) is 22.7 Å². The summed E-state index contributed by atoms with van der Waals surface area (Å²) in [7, 11) is -3.43. The van der Waals surface area contributed by atoms with E-state index < -0.39 is 7.14 Å². The monoisotopic (exact) mass is 613 g/mol. The SMILES string of the molecule is O=P1(c2ccccc2)c2cc(-c3nc(-c4ccccc4)nc(-c4ccccc4)n3)ccc2Oc2cc3oc4ccccc4c3cc21. The van der Waals surface area contributed by atoms with E-state index in [1.54, 1.807) is 0 Å². The molecular weight excluding hydrogens is 589 g/mol. The molecule has 0 amide bonds. The molecule has 0 radical (unpaired) electrons. The minimum absolute atomic E-state index is 0.484. The Kier molecular flexibility index (Phi) is 5.99. The van der Waals surface area contributed by atoms with Crippen molar-refractivity contribution in [3.05, 3.63) is 146 Å². The first-order valence-electron chi connectivity index (χ1n) is 15.0. The van der Waals surface area contributed by atoms with Gasteiger partial charge in [-0.3, -0.25) is 0 Å². The quantitative estimate of drug-likeness (QED) is 0.185. The minimum Gasteiger partial charge on any atom is -0.456 e. The summed E-state index contributed by atoms with van der Waals surface area (Å²) in [5, 5.41) is 3.81. The van der Waals surface area contributed by atoms with Crippen molar-refractivity contribution in [1.82, 2.24) is 15.0 Å². The molecule has 0 N–H and O–H groups in total. The first-order valence-corrected chi connectivity index (χ1v) is 16.7. The van der Waals surface area contributed by atoms with Crippen molar-refractivity contribution in [3.63, 3.8) is 0 Å². The summed E-state index contributed by atoms with van der Waals surface area (Å²) in [6.45, 7) is 0. The van der Waals surface area contributed by atoms with Crippen LogP contribution in [0.4, 0.5) is 0 Å². The summed E-state index contributed by atoms with van der Waals surface area (Å²) in [4.78, 5) is 14.7. The van der Waals surface area contributed by atoms with Gasteiger partial charge in [-0.2, -0.15) is 0 Å². The summed E-state index contributed by atoms with van der Waals surface area (Å²) < 4.78 is 28.4. The van der Waals surface area contributed by atoms with Gasteiger partial charge < -0.3 is 13.7 Å². The van der Waals surface area contributed by atoms with Crippen LogP contribution in [-0.2, 0) is 4.57 Å². The second kappa shape index (κ2) is 10.4. The highest BCUT2D eigenvalue weighted by Gasteiger charge is 2.40. The highest BCUT2D eigenvalue weighted by Crippen LogP contribution is 2.53. The van der Waals surface area contributed by atoms with Gasteiger partial charge in [-0.25, -0.2) is 15.0 Å². The van der Waals surface area contributed by atoms with Gasteiger partial charge in [0.15, 0.2) is 24.6 Å². The fourth-order valence-corrected chi connectivity index (χ4v) is 9.05. The van der Waals surface area contributed by atoms with Crippen LogP contribution < -0.4 is 20.7 Å². The third-order valence-corrected chi connectivity index (χ3v) is 11.5. The van der Waals surface area contributed by atoms with Crippen molar-refractivity contribution >= 4 is 45.0 Å². The van der Waals surface area contributed by atoms with Crippen molar-refractivity contribution in [2.45, 2.75) is 0 Å². The molecule has 218 valence electrons. The number of fused-ring (bicyclic) bond motifs is 5. The lowest BCUT2D eigenvalue weighted by Gasteiger charge is -2.29. The first-order chi connectivity index (χ1) is 22.6. The second-order valence-corrected chi connectivity index (χ2v) is 13.9. The molecule has 7 heteroatoms. The number of benzene rings is 6. The molecule has 0 bridgehead atoms. The van der Waals surface area contributed by atoms with E-state index in [-0.39, 0.29) is 0 Å². The van der Waals surface area contributed by atoms with Crippen LogP contribution in [0, 0.1) is 0 Å². The molecule has 1 atom stereocenters. The second-order valence-electron chi connectivity index (χ2n) is 11.2. The van der Waals surface area contributed by atoms with Gasteiger partial charge in [0.2, 0.25) is 0 Å². The number of hydrogen-bond donors (Lipinski definition) is 0. The zero-order chi connectivity index (χ0) is 30.7. The van der Waals surface area contributed by atoms with E-state index in [0.717, 1.165) is 32.8 Å². The molecule has 6 nitrogen and oxygen atoms in total. The average molecular weight is 614 g/mol. The molecule has 2 aromatic heterocycles. The standard InChI is InChI=1S/C39H24N3O3P/c43-46(28-16-8-3-9-17-28)35-22-27(39-41-37(25-12-4-1-5-13-25)40-38(42-39)26-14-6-2-7-15-26)20-21-32(35)45-34-24-33-30(23-36(34)46)29-18-10-11-19-31(29)44-33/h1-24H. The molecular formula is C39H24N3O3P. The molecule has 1 aliphatic rings. The maximum absolute atomic E-state index is 15.8. The van der Waals surface area contributed by atoms with E-state index in [0.29, 0.717) is 50.7 Å². The van der Waals surface area contributed by atoms with Crippen LogP contribution in [0.3, 0.4) is 0 Å². The maximum atomic E-state index is 15.8. The van der Waals surface area contributed by atoms with Crippen molar-refractivity contribution < 1.29 is 13.7 Å². The Morgan fingerprint density at radius 2 is 1.02 bits per heavy atom. The predicted octanol–water partition coefficient (Wildman–Crippen LogP) is 8.52. The van der Waals surface area contributed by atoms with Crippen LogP contribution in [-0.4, -0.2) is 15.0 Å². The van der Waals surface area contributed by atoms with E-state index in [1.807, 2.05) is 146 Å².